The average Bonchev–Trinajstić information content (AvgIpc) is 2.70. The molecule has 0 aromatic heterocycles. The molecule has 0 saturated carbocycles. The summed E-state index contributed by atoms with van der Waals surface area (Å²) in [5.74, 6) is 0.0949. The molecule has 0 radical (unpaired) electrons. The highest BCUT2D eigenvalue weighted by atomic mass is 16.3. The normalized spacial score (nSPS) is 17.7. The lowest BCUT2D eigenvalue weighted by Gasteiger charge is -2.08. The van der Waals surface area contributed by atoms with Crippen molar-refractivity contribution in [2.45, 2.75) is 33.1 Å². The molecule has 118 valence electrons. The highest BCUT2D eigenvalue weighted by Gasteiger charge is 2.29. The van der Waals surface area contributed by atoms with Crippen molar-refractivity contribution in [1.29, 1.82) is 0 Å². The number of fused-ring (bicyclic) bond motifs is 1. The van der Waals surface area contributed by atoms with E-state index in [2.05, 4.69) is 16.4 Å². The topological polar surface area (TPSA) is 61.7 Å². The van der Waals surface area contributed by atoms with Crippen molar-refractivity contribution in [3.8, 4) is 5.75 Å². The van der Waals surface area contributed by atoms with Crippen molar-refractivity contribution in [1.82, 2.24) is 5.32 Å². The van der Waals surface area contributed by atoms with Crippen molar-refractivity contribution < 1.29 is 9.90 Å². The molecule has 23 heavy (non-hydrogen) atoms. The lowest BCUT2D eigenvalue weighted by Crippen LogP contribution is -2.20. The molecule has 2 aliphatic rings. The van der Waals surface area contributed by atoms with E-state index in [1.807, 2.05) is 32.1 Å². The van der Waals surface area contributed by atoms with Gasteiger partial charge in [0.05, 0.1) is 17.0 Å². The first-order valence-electron chi connectivity index (χ1n) is 7.89. The molecule has 2 N–H and O–H groups in total. The summed E-state index contributed by atoms with van der Waals surface area (Å²) in [5, 5.41) is 12.6. The first kappa shape index (κ1) is 15.3. The van der Waals surface area contributed by atoms with Gasteiger partial charge in [-0.3, -0.25) is 9.79 Å². The van der Waals surface area contributed by atoms with Crippen LogP contribution in [-0.4, -0.2) is 16.7 Å². The second-order valence-corrected chi connectivity index (χ2v) is 5.74. The Hall–Kier alpha value is -2.62. The molecule has 1 heterocycles. The van der Waals surface area contributed by atoms with E-state index in [0.29, 0.717) is 17.7 Å². The van der Waals surface area contributed by atoms with Gasteiger partial charge in [0.25, 0.3) is 5.91 Å². The lowest BCUT2D eigenvalue weighted by molar-refractivity contribution is -0.115. The van der Waals surface area contributed by atoms with Gasteiger partial charge in [0, 0.05) is 11.8 Å². The number of aromatic hydroxyl groups is 1. The van der Waals surface area contributed by atoms with Gasteiger partial charge in [0.2, 0.25) is 0 Å². The summed E-state index contributed by atoms with van der Waals surface area (Å²) < 4.78 is 0. The molecule has 1 amide bonds. The van der Waals surface area contributed by atoms with Gasteiger partial charge in [-0.15, -0.1) is 0 Å². The zero-order valence-electron chi connectivity index (χ0n) is 13.4. The summed E-state index contributed by atoms with van der Waals surface area (Å²) in [6.07, 6.45) is 8.42. The van der Waals surface area contributed by atoms with E-state index in [1.54, 1.807) is 12.1 Å². The molecule has 1 aliphatic heterocycles. The van der Waals surface area contributed by atoms with Gasteiger partial charge in [0.1, 0.15) is 5.75 Å². The summed E-state index contributed by atoms with van der Waals surface area (Å²) in [7, 11) is 0. The predicted molar refractivity (Wildman–Crippen MR) is 91.9 cm³/mol. The van der Waals surface area contributed by atoms with Crippen molar-refractivity contribution in [2.24, 2.45) is 4.99 Å². The third-order valence-corrected chi connectivity index (χ3v) is 4.13. The number of aliphatic imine (C=N–C) groups is 1. The Kier molecular flexibility index (Phi) is 4.15. The quantitative estimate of drug-likeness (QED) is 0.833. The summed E-state index contributed by atoms with van der Waals surface area (Å²) >= 11 is 0. The number of hydrogen-bond acceptors (Lipinski definition) is 3. The number of carbonyl (C=O) groups is 1. The fourth-order valence-electron chi connectivity index (χ4n) is 2.90. The Balaban J connectivity index is 2.10. The molecule has 4 nitrogen and oxygen atoms in total. The van der Waals surface area contributed by atoms with Crippen LogP contribution in [0.15, 0.2) is 58.3 Å². The van der Waals surface area contributed by atoms with E-state index in [1.165, 1.54) is 0 Å². The number of phenols is 1. The number of allylic oxidation sites excluding steroid dienone is 4. The van der Waals surface area contributed by atoms with E-state index in [9.17, 15) is 9.90 Å². The first-order chi connectivity index (χ1) is 11.1. The van der Waals surface area contributed by atoms with Gasteiger partial charge < -0.3 is 10.4 Å². The van der Waals surface area contributed by atoms with Crippen LogP contribution in [0.25, 0.3) is 0 Å². The molecular weight excluding hydrogens is 288 g/mol. The maximum absolute atomic E-state index is 12.4. The summed E-state index contributed by atoms with van der Waals surface area (Å²) in [4.78, 5) is 17.1. The molecular formula is C19H20N2O2. The number of rotatable bonds is 3. The van der Waals surface area contributed by atoms with E-state index in [0.717, 1.165) is 35.4 Å². The first-order valence-corrected chi connectivity index (χ1v) is 7.89. The van der Waals surface area contributed by atoms with Crippen LogP contribution in [-0.2, 0) is 4.79 Å². The average molecular weight is 308 g/mol. The highest BCUT2D eigenvalue weighted by molar-refractivity contribution is 6.25. The third-order valence-electron chi connectivity index (χ3n) is 4.13. The van der Waals surface area contributed by atoms with Crippen molar-refractivity contribution in [2.75, 3.05) is 0 Å². The van der Waals surface area contributed by atoms with E-state index in [-0.39, 0.29) is 11.7 Å². The van der Waals surface area contributed by atoms with Crippen LogP contribution < -0.4 is 5.32 Å². The smallest absolute Gasteiger partial charge is 0.257 e. The molecule has 1 aromatic carbocycles. The zero-order valence-corrected chi connectivity index (χ0v) is 13.4. The van der Waals surface area contributed by atoms with E-state index >= 15 is 0 Å². The number of phenolic OH excluding ortho intramolecular Hbond substituents is 1. The number of aryl methyl sites for hydroxylation is 1. The largest absolute Gasteiger partial charge is 0.508 e. The van der Waals surface area contributed by atoms with Crippen LogP contribution in [0.3, 0.4) is 0 Å². The van der Waals surface area contributed by atoms with Crippen molar-refractivity contribution >= 4 is 17.3 Å². The maximum Gasteiger partial charge on any atom is 0.257 e. The molecule has 0 fully saturated rings. The van der Waals surface area contributed by atoms with Gasteiger partial charge in [-0.2, -0.15) is 0 Å². The number of carbonyl (C=O) groups excluding carboxylic acids is 1. The molecule has 4 heteroatoms. The number of amides is 1. The molecule has 0 bridgehead atoms. The van der Waals surface area contributed by atoms with Gasteiger partial charge >= 0.3 is 0 Å². The van der Waals surface area contributed by atoms with Crippen molar-refractivity contribution in [3.05, 3.63) is 58.8 Å². The summed E-state index contributed by atoms with van der Waals surface area (Å²) in [6.45, 7) is 3.94. The highest BCUT2D eigenvalue weighted by Crippen LogP contribution is 2.31. The summed E-state index contributed by atoms with van der Waals surface area (Å²) in [6, 6.07) is 5.10. The third kappa shape index (κ3) is 2.97. The van der Waals surface area contributed by atoms with Crippen LogP contribution in [0.2, 0.25) is 0 Å². The Bertz CT molecular complexity index is 783. The van der Waals surface area contributed by atoms with Crippen LogP contribution in [0.1, 0.15) is 31.7 Å². The van der Waals surface area contributed by atoms with E-state index in [4.69, 9.17) is 0 Å². The molecule has 0 atom stereocenters. The fraction of sp³-hybridized carbons (Fsp3) is 0.263. The fourth-order valence-corrected chi connectivity index (χ4v) is 2.90. The Labute approximate surface area is 135 Å². The van der Waals surface area contributed by atoms with Gasteiger partial charge in [-0.25, -0.2) is 0 Å². The van der Waals surface area contributed by atoms with E-state index < -0.39 is 0 Å². The number of nitrogens with one attached hydrogen (secondary N) is 1. The molecule has 1 aromatic rings. The number of nitrogens with zero attached hydrogens (tertiary/aromatic N) is 1. The molecule has 0 unspecified atom stereocenters. The Morgan fingerprint density at radius 3 is 3.00 bits per heavy atom. The minimum atomic E-state index is -0.0834. The molecule has 1 aliphatic carbocycles. The predicted octanol–water partition coefficient (Wildman–Crippen LogP) is 3.84. The van der Waals surface area contributed by atoms with Gasteiger partial charge in [0.15, 0.2) is 0 Å². The molecule has 3 rings (SSSR count). The number of hydrogen-bond donors (Lipinski definition) is 2. The van der Waals surface area contributed by atoms with Crippen LogP contribution >= 0.6 is 0 Å². The van der Waals surface area contributed by atoms with Crippen molar-refractivity contribution in [3.63, 3.8) is 0 Å². The van der Waals surface area contributed by atoms with Crippen LogP contribution in [0, 0.1) is 6.92 Å². The second kappa shape index (κ2) is 6.24. The van der Waals surface area contributed by atoms with Crippen LogP contribution in [0.5, 0.6) is 5.75 Å². The van der Waals surface area contributed by atoms with Gasteiger partial charge in [-0.1, -0.05) is 25.1 Å². The monoisotopic (exact) mass is 308 g/mol. The van der Waals surface area contributed by atoms with Gasteiger partial charge in [-0.05, 0) is 49.5 Å². The minimum absolute atomic E-state index is 0.0834. The lowest BCUT2D eigenvalue weighted by atomic mass is 9.99. The molecule has 0 saturated heterocycles. The zero-order chi connectivity index (χ0) is 16.4. The Morgan fingerprint density at radius 1 is 1.39 bits per heavy atom. The minimum Gasteiger partial charge on any atom is -0.508 e. The number of benzene rings is 1. The Morgan fingerprint density at radius 2 is 2.22 bits per heavy atom. The molecule has 0 spiro atoms. The SMILES string of the molecule is CCC(=Nc1cc(O)ccc1C)C1=C2CCC=CC=C2NC1=O. The second-order valence-electron chi connectivity index (χ2n) is 5.74. The standard InChI is InChI=1S/C19H20N2O2/c1-3-15(20-17-11-13(22)10-9-12(17)2)18-14-7-5-4-6-8-16(14)21-19(18)23/h4,6,8-11,22H,3,5,7H2,1-2H3,(H,21,23). The maximum atomic E-state index is 12.4. The van der Waals surface area contributed by atoms with Crippen LogP contribution in [0.4, 0.5) is 5.69 Å². The summed E-state index contributed by atoms with van der Waals surface area (Å²) in [5.41, 5.74) is 5.04.